The molecule has 0 saturated carbocycles. The van der Waals surface area contributed by atoms with E-state index in [0.717, 1.165) is 36.7 Å². The van der Waals surface area contributed by atoms with Crippen molar-refractivity contribution >= 4 is 27.5 Å². The molecule has 1 atom stereocenters. The second-order valence-corrected chi connectivity index (χ2v) is 10.2. The maximum Gasteiger partial charge on any atom is 0.407 e. The number of nitrogens with one attached hydrogen (secondary N) is 3. The second-order valence-electron chi connectivity index (χ2n) is 8.62. The molecular formula is C21H25F4N5O4S. The summed E-state index contributed by atoms with van der Waals surface area (Å²) in [5.41, 5.74) is -2.78. The summed E-state index contributed by atoms with van der Waals surface area (Å²) in [5, 5.41) is 4.31. The molecule has 0 unspecified atom stereocenters. The van der Waals surface area contributed by atoms with Crippen molar-refractivity contribution in [2.45, 2.75) is 56.9 Å². The van der Waals surface area contributed by atoms with Gasteiger partial charge in [-0.2, -0.15) is 17.9 Å². The Kier molecular flexibility index (Phi) is 8.55. The Labute approximate surface area is 199 Å². The van der Waals surface area contributed by atoms with E-state index < -0.39 is 50.4 Å². The van der Waals surface area contributed by atoms with Crippen molar-refractivity contribution in [3.63, 3.8) is 0 Å². The van der Waals surface area contributed by atoms with Crippen molar-refractivity contribution in [3.05, 3.63) is 48.2 Å². The molecule has 2 heterocycles. The van der Waals surface area contributed by atoms with Gasteiger partial charge < -0.3 is 10.6 Å². The van der Waals surface area contributed by atoms with Crippen LogP contribution >= 0.6 is 0 Å². The van der Waals surface area contributed by atoms with Crippen LogP contribution in [0.2, 0.25) is 0 Å². The number of carbonyl (C=O) groups excluding carboxylic acids is 2. The van der Waals surface area contributed by atoms with Gasteiger partial charge in [0.25, 0.3) is 15.9 Å². The number of rotatable bonds is 9. The molecule has 0 radical (unpaired) electrons. The van der Waals surface area contributed by atoms with Gasteiger partial charge in [-0.1, -0.05) is 13.8 Å². The molecule has 0 aliphatic rings. The van der Waals surface area contributed by atoms with Crippen LogP contribution < -0.4 is 15.4 Å². The summed E-state index contributed by atoms with van der Waals surface area (Å²) in [5.74, 6) is -2.00. The first-order chi connectivity index (χ1) is 16.0. The van der Waals surface area contributed by atoms with Gasteiger partial charge in [0.05, 0.1) is 18.1 Å². The number of sulfonamides is 1. The first kappa shape index (κ1) is 28.1. The van der Waals surface area contributed by atoms with Crippen LogP contribution in [-0.4, -0.2) is 48.0 Å². The Morgan fingerprint density at radius 2 is 1.69 bits per heavy atom. The summed E-state index contributed by atoms with van der Waals surface area (Å²) < 4.78 is 78.3. The van der Waals surface area contributed by atoms with Gasteiger partial charge >= 0.3 is 6.18 Å². The van der Waals surface area contributed by atoms with E-state index in [-0.39, 0.29) is 23.7 Å². The zero-order valence-electron chi connectivity index (χ0n) is 19.3. The van der Waals surface area contributed by atoms with Gasteiger partial charge in [-0.15, -0.1) is 0 Å². The molecule has 0 spiro atoms. The molecule has 0 aliphatic heterocycles. The van der Waals surface area contributed by atoms with Crippen molar-refractivity contribution in [3.8, 4) is 0 Å². The van der Waals surface area contributed by atoms with Crippen molar-refractivity contribution < 1.29 is 35.6 Å². The third-order valence-corrected chi connectivity index (χ3v) is 6.24. The van der Waals surface area contributed by atoms with Crippen LogP contribution in [0.15, 0.2) is 41.7 Å². The second kappa shape index (κ2) is 10.6. The van der Waals surface area contributed by atoms with Gasteiger partial charge in [-0.25, -0.2) is 22.8 Å². The highest BCUT2D eigenvalue weighted by Crippen LogP contribution is 2.30. The smallest absolute Gasteiger partial charge is 0.339 e. The van der Waals surface area contributed by atoms with Crippen LogP contribution in [0.3, 0.4) is 0 Å². The molecule has 0 fully saturated rings. The van der Waals surface area contributed by atoms with E-state index in [4.69, 9.17) is 0 Å². The van der Waals surface area contributed by atoms with Gasteiger partial charge in [0, 0.05) is 0 Å². The lowest BCUT2D eigenvalue weighted by Gasteiger charge is -2.28. The first-order valence-corrected chi connectivity index (χ1v) is 11.8. The van der Waals surface area contributed by atoms with Crippen LogP contribution in [0, 0.1) is 11.7 Å². The zero-order chi connectivity index (χ0) is 26.6. The average molecular weight is 520 g/mol. The van der Waals surface area contributed by atoms with E-state index in [1.807, 2.05) is 13.8 Å². The molecule has 2 rings (SSSR count). The molecule has 0 saturated heterocycles. The number of hydrogen-bond acceptors (Lipinski definition) is 6. The van der Waals surface area contributed by atoms with Crippen LogP contribution in [0.5, 0.6) is 0 Å². The van der Waals surface area contributed by atoms with Crippen molar-refractivity contribution in [1.82, 2.24) is 20.0 Å². The number of carbonyl (C=O) groups is 2. The van der Waals surface area contributed by atoms with Crippen molar-refractivity contribution in [2.75, 3.05) is 5.32 Å². The summed E-state index contributed by atoms with van der Waals surface area (Å²) >= 11 is 0. The largest absolute Gasteiger partial charge is 0.407 e. The lowest BCUT2D eigenvalue weighted by atomic mass is 10.0. The quantitative estimate of drug-likeness (QED) is 0.437. The summed E-state index contributed by atoms with van der Waals surface area (Å²) in [6.07, 6.45) is -2.79. The Hall–Kier alpha value is -3.13. The minimum atomic E-state index is -4.84. The maximum atomic E-state index is 13.0. The number of alkyl halides is 3. The number of pyridine rings is 2. The minimum Gasteiger partial charge on any atom is -0.339 e. The van der Waals surface area contributed by atoms with Crippen LogP contribution in [0.4, 0.5) is 23.2 Å². The standard InChI is InChI=1S/C21H25F4N5O4S/c1-12(2)9-16(29-18(31)15-7-5-13(22)10-26-15)19(32)28-14-6-8-17(27-11-14)35(33,34)30-20(3,4)21(23,24)25/h5-8,10-12,16,30H,9H2,1-4H3,(H,28,32)(H,29,31)/t16-/m0/s1. The predicted octanol–water partition coefficient (Wildman–Crippen LogP) is 3.02. The van der Waals surface area contributed by atoms with Gasteiger partial charge in [0.15, 0.2) is 5.03 Å². The van der Waals surface area contributed by atoms with Crippen LogP contribution in [0.25, 0.3) is 0 Å². The topological polar surface area (TPSA) is 130 Å². The molecular weight excluding hydrogens is 494 g/mol. The number of anilines is 1. The molecule has 0 bridgehead atoms. The predicted molar refractivity (Wildman–Crippen MR) is 118 cm³/mol. The Morgan fingerprint density at radius 1 is 1.03 bits per heavy atom. The number of hydrogen-bond donors (Lipinski definition) is 3. The molecule has 3 N–H and O–H groups in total. The number of amides is 2. The molecule has 9 nitrogen and oxygen atoms in total. The lowest BCUT2D eigenvalue weighted by molar-refractivity contribution is -0.180. The highest BCUT2D eigenvalue weighted by molar-refractivity contribution is 7.89. The summed E-state index contributed by atoms with van der Waals surface area (Å²) in [7, 11) is -4.61. The summed E-state index contributed by atoms with van der Waals surface area (Å²) in [6.45, 7) is 4.98. The zero-order valence-corrected chi connectivity index (χ0v) is 20.1. The highest BCUT2D eigenvalue weighted by atomic mass is 32.2. The maximum absolute atomic E-state index is 13.0. The molecule has 35 heavy (non-hydrogen) atoms. The highest BCUT2D eigenvalue weighted by Gasteiger charge is 2.50. The summed E-state index contributed by atoms with van der Waals surface area (Å²) in [4.78, 5) is 32.5. The van der Waals surface area contributed by atoms with E-state index in [1.165, 1.54) is 0 Å². The fourth-order valence-corrected chi connectivity index (χ4v) is 4.06. The minimum absolute atomic E-state index is 0.0130. The number of halogens is 4. The van der Waals surface area contributed by atoms with Crippen LogP contribution in [0.1, 0.15) is 44.6 Å². The Morgan fingerprint density at radius 3 is 2.17 bits per heavy atom. The monoisotopic (exact) mass is 519 g/mol. The summed E-state index contributed by atoms with van der Waals surface area (Å²) in [6, 6.07) is 3.27. The van der Waals surface area contributed by atoms with Gasteiger partial charge in [-0.05, 0) is 50.5 Å². The van der Waals surface area contributed by atoms with Crippen molar-refractivity contribution in [2.24, 2.45) is 5.92 Å². The van der Waals surface area contributed by atoms with E-state index in [9.17, 15) is 35.6 Å². The normalized spacial score (nSPS) is 13.4. The van der Waals surface area contributed by atoms with Crippen LogP contribution in [-0.2, 0) is 14.8 Å². The lowest BCUT2D eigenvalue weighted by Crippen LogP contribution is -2.54. The molecule has 0 aromatic carbocycles. The van der Waals surface area contributed by atoms with Gasteiger partial charge in [0.2, 0.25) is 5.91 Å². The van der Waals surface area contributed by atoms with E-state index in [1.54, 1.807) is 4.72 Å². The SMILES string of the molecule is CC(C)C[C@H](NC(=O)c1ccc(F)cn1)C(=O)Nc1ccc(S(=O)(=O)NC(C)(C)C(F)(F)F)nc1. The van der Waals surface area contributed by atoms with E-state index in [0.29, 0.717) is 13.8 Å². The van der Waals surface area contributed by atoms with Crippen molar-refractivity contribution in [1.29, 1.82) is 0 Å². The van der Waals surface area contributed by atoms with Gasteiger partial charge in [-0.3, -0.25) is 9.59 Å². The third-order valence-electron chi connectivity index (χ3n) is 4.67. The molecule has 2 aromatic heterocycles. The molecule has 2 amide bonds. The molecule has 0 aliphatic carbocycles. The molecule has 2 aromatic rings. The Balaban J connectivity index is 2.14. The molecule has 14 heteroatoms. The molecule has 192 valence electrons. The fraction of sp³-hybridized carbons (Fsp3) is 0.429. The van der Waals surface area contributed by atoms with E-state index >= 15 is 0 Å². The number of aromatic nitrogens is 2. The average Bonchev–Trinajstić information content (AvgIpc) is 2.72. The fourth-order valence-electron chi connectivity index (χ4n) is 2.73. The first-order valence-electron chi connectivity index (χ1n) is 10.3. The van der Waals surface area contributed by atoms with E-state index in [2.05, 4.69) is 20.6 Å². The number of nitrogens with zero attached hydrogens (tertiary/aromatic N) is 2. The third kappa shape index (κ3) is 7.68. The van der Waals surface area contributed by atoms with Gasteiger partial charge in [0.1, 0.15) is 23.1 Å². The Bertz CT molecular complexity index is 1150.